The summed E-state index contributed by atoms with van der Waals surface area (Å²) >= 11 is 6.19. The van der Waals surface area contributed by atoms with Gasteiger partial charge in [0.1, 0.15) is 5.75 Å². The molecule has 0 saturated heterocycles. The van der Waals surface area contributed by atoms with Gasteiger partial charge < -0.3 is 10.1 Å². The summed E-state index contributed by atoms with van der Waals surface area (Å²) < 4.78 is 5.52. The van der Waals surface area contributed by atoms with E-state index in [0.29, 0.717) is 22.4 Å². The van der Waals surface area contributed by atoms with Crippen molar-refractivity contribution in [2.24, 2.45) is 0 Å². The average Bonchev–Trinajstić information content (AvgIpc) is 2.49. The minimum Gasteiger partial charge on any atom is -0.484 e. The van der Waals surface area contributed by atoms with Crippen LogP contribution in [0.4, 0.5) is 5.69 Å². The normalized spacial score (nSPS) is 10.7. The van der Waals surface area contributed by atoms with Crippen LogP contribution in [-0.4, -0.2) is 12.5 Å². The molecule has 0 fully saturated rings. The van der Waals surface area contributed by atoms with E-state index in [0.717, 1.165) is 11.1 Å². The van der Waals surface area contributed by atoms with Crippen LogP contribution in [0.5, 0.6) is 5.75 Å². The van der Waals surface area contributed by atoms with Crippen LogP contribution >= 0.6 is 11.6 Å². The number of carbonyl (C=O) groups is 1. The lowest BCUT2D eigenvalue weighted by Gasteiger charge is -2.12. The van der Waals surface area contributed by atoms with E-state index in [-0.39, 0.29) is 12.5 Å². The Bertz CT molecular complexity index is 670. The van der Waals surface area contributed by atoms with E-state index >= 15 is 0 Å². The van der Waals surface area contributed by atoms with Crippen molar-refractivity contribution in [3.8, 4) is 5.75 Å². The minimum atomic E-state index is -0.230. The number of aryl methyl sites for hydroxylation is 2. The Labute approximate surface area is 142 Å². The van der Waals surface area contributed by atoms with E-state index in [1.54, 1.807) is 0 Å². The largest absolute Gasteiger partial charge is 0.484 e. The lowest BCUT2D eigenvalue weighted by Crippen LogP contribution is -2.21. The molecule has 0 heterocycles. The standard InChI is InChI=1S/C19H22ClNO2/c1-12(2)15-5-7-16(8-6-15)23-11-18(22)21-19-14(4)9-13(3)10-17(19)20/h5-10,12H,11H2,1-4H3,(H,21,22). The molecule has 3 nitrogen and oxygen atoms in total. The molecule has 0 aliphatic heterocycles. The summed E-state index contributed by atoms with van der Waals surface area (Å²) in [6.07, 6.45) is 0. The molecule has 23 heavy (non-hydrogen) atoms. The fourth-order valence-electron chi connectivity index (χ4n) is 2.35. The molecule has 1 N–H and O–H groups in total. The first-order chi connectivity index (χ1) is 10.9. The summed E-state index contributed by atoms with van der Waals surface area (Å²) in [5, 5.41) is 3.35. The SMILES string of the molecule is Cc1cc(C)c(NC(=O)COc2ccc(C(C)C)cc2)c(Cl)c1. The van der Waals surface area contributed by atoms with Crippen LogP contribution in [0.15, 0.2) is 36.4 Å². The summed E-state index contributed by atoms with van der Waals surface area (Å²) in [6.45, 7) is 8.10. The third-order valence-electron chi connectivity index (χ3n) is 3.61. The monoisotopic (exact) mass is 331 g/mol. The minimum absolute atomic E-state index is 0.0509. The Kier molecular flexibility index (Phi) is 5.67. The molecule has 0 unspecified atom stereocenters. The summed E-state index contributed by atoms with van der Waals surface area (Å²) in [5.41, 5.74) is 3.88. The molecule has 0 bridgehead atoms. The maximum atomic E-state index is 12.1. The second-order valence-corrected chi connectivity index (χ2v) is 6.41. The van der Waals surface area contributed by atoms with Crippen LogP contribution in [0, 0.1) is 13.8 Å². The highest BCUT2D eigenvalue weighted by atomic mass is 35.5. The highest BCUT2D eigenvalue weighted by molar-refractivity contribution is 6.34. The number of carbonyl (C=O) groups excluding carboxylic acids is 1. The van der Waals surface area contributed by atoms with Crippen LogP contribution < -0.4 is 10.1 Å². The summed E-state index contributed by atoms with van der Waals surface area (Å²) in [7, 11) is 0. The van der Waals surface area contributed by atoms with Crippen molar-refractivity contribution in [1.82, 2.24) is 0 Å². The zero-order chi connectivity index (χ0) is 17.0. The van der Waals surface area contributed by atoms with Gasteiger partial charge in [-0.1, -0.05) is 43.6 Å². The van der Waals surface area contributed by atoms with E-state index in [2.05, 4.69) is 19.2 Å². The Morgan fingerprint density at radius 2 is 1.83 bits per heavy atom. The van der Waals surface area contributed by atoms with Gasteiger partial charge in [-0.3, -0.25) is 4.79 Å². The topological polar surface area (TPSA) is 38.3 Å². The zero-order valence-electron chi connectivity index (χ0n) is 13.9. The van der Waals surface area contributed by atoms with Crippen LogP contribution in [0.2, 0.25) is 5.02 Å². The van der Waals surface area contributed by atoms with Crippen LogP contribution in [0.3, 0.4) is 0 Å². The molecular weight excluding hydrogens is 310 g/mol. The maximum absolute atomic E-state index is 12.1. The molecule has 0 aliphatic carbocycles. The second kappa shape index (κ2) is 7.51. The molecular formula is C19H22ClNO2. The summed E-state index contributed by atoms with van der Waals surface area (Å²) in [4.78, 5) is 12.1. The Morgan fingerprint density at radius 3 is 2.39 bits per heavy atom. The number of halogens is 1. The first kappa shape index (κ1) is 17.4. The molecule has 2 aromatic rings. The van der Waals surface area contributed by atoms with Gasteiger partial charge in [-0.05, 0) is 54.7 Å². The Hall–Kier alpha value is -2.00. The molecule has 2 aromatic carbocycles. The van der Waals surface area contributed by atoms with Crippen molar-refractivity contribution in [2.45, 2.75) is 33.6 Å². The van der Waals surface area contributed by atoms with Crippen molar-refractivity contribution in [3.05, 3.63) is 58.1 Å². The summed E-state index contributed by atoms with van der Waals surface area (Å²) in [6, 6.07) is 11.6. The van der Waals surface area contributed by atoms with Gasteiger partial charge in [0.15, 0.2) is 6.61 Å². The molecule has 1 amide bonds. The number of anilines is 1. The van der Waals surface area contributed by atoms with Crippen LogP contribution in [0.1, 0.15) is 36.5 Å². The van der Waals surface area contributed by atoms with E-state index in [1.165, 1.54) is 5.56 Å². The fraction of sp³-hybridized carbons (Fsp3) is 0.316. The second-order valence-electron chi connectivity index (χ2n) is 6.00. The molecule has 0 radical (unpaired) electrons. The van der Waals surface area contributed by atoms with Gasteiger partial charge in [-0.25, -0.2) is 0 Å². The molecule has 122 valence electrons. The highest BCUT2D eigenvalue weighted by Crippen LogP contribution is 2.27. The summed E-state index contributed by atoms with van der Waals surface area (Å²) in [5.74, 6) is 0.919. The number of hydrogen-bond donors (Lipinski definition) is 1. The molecule has 0 atom stereocenters. The van der Waals surface area contributed by atoms with Gasteiger partial charge in [0.25, 0.3) is 5.91 Å². The maximum Gasteiger partial charge on any atom is 0.262 e. The number of ether oxygens (including phenoxy) is 1. The predicted octanol–water partition coefficient (Wildman–Crippen LogP) is 5.10. The predicted molar refractivity (Wildman–Crippen MR) is 95.6 cm³/mol. The fourth-order valence-corrected chi connectivity index (χ4v) is 2.72. The smallest absolute Gasteiger partial charge is 0.262 e. The van der Waals surface area contributed by atoms with Crippen molar-refractivity contribution in [3.63, 3.8) is 0 Å². The van der Waals surface area contributed by atoms with Crippen LogP contribution in [-0.2, 0) is 4.79 Å². The highest BCUT2D eigenvalue weighted by Gasteiger charge is 2.10. The molecule has 2 rings (SSSR count). The third-order valence-corrected chi connectivity index (χ3v) is 3.91. The number of nitrogens with one attached hydrogen (secondary N) is 1. The van der Waals surface area contributed by atoms with Crippen molar-refractivity contribution < 1.29 is 9.53 Å². The van der Waals surface area contributed by atoms with Gasteiger partial charge in [-0.15, -0.1) is 0 Å². The molecule has 0 aromatic heterocycles. The van der Waals surface area contributed by atoms with E-state index in [4.69, 9.17) is 16.3 Å². The quantitative estimate of drug-likeness (QED) is 0.828. The van der Waals surface area contributed by atoms with Gasteiger partial charge >= 0.3 is 0 Å². The van der Waals surface area contributed by atoms with Gasteiger partial charge in [0.2, 0.25) is 0 Å². The number of benzene rings is 2. The van der Waals surface area contributed by atoms with Crippen molar-refractivity contribution in [2.75, 3.05) is 11.9 Å². The van der Waals surface area contributed by atoms with Crippen LogP contribution in [0.25, 0.3) is 0 Å². The number of rotatable bonds is 5. The Morgan fingerprint density at radius 1 is 1.17 bits per heavy atom. The molecule has 4 heteroatoms. The van der Waals surface area contributed by atoms with Gasteiger partial charge in [0.05, 0.1) is 10.7 Å². The Balaban J connectivity index is 1.95. The first-order valence-electron chi connectivity index (χ1n) is 7.66. The lowest BCUT2D eigenvalue weighted by molar-refractivity contribution is -0.118. The number of hydrogen-bond acceptors (Lipinski definition) is 2. The van der Waals surface area contributed by atoms with Crippen molar-refractivity contribution in [1.29, 1.82) is 0 Å². The van der Waals surface area contributed by atoms with Gasteiger partial charge in [0, 0.05) is 0 Å². The number of amides is 1. The van der Waals surface area contributed by atoms with Gasteiger partial charge in [-0.2, -0.15) is 0 Å². The van der Waals surface area contributed by atoms with Crippen molar-refractivity contribution >= 4 is 23.2 Å². The average molecular weight is 332 g/mol. The third kappa shape index (κ3) is 4.73. The van der Waals surface area contributed by atoms with E-state index in [9.17, 15) is 4.79 Å². The first-order valence-corrected chi connectivity index (χ1v) is 8.04. The zero-order valence-corrected chi connectivity index (χ0v) is 14.7. The lowest BCUT2D eigenvalue weighted by atomic mass is 10.0. The van der Waals surface area contributed by atoms with E-state index < -0.39 is 0 Å². The van der Waals surface area contributed by atoms with E-state index in [1.807, 2.05) is 50.2 Å². The molecule has 0 saturated carbocycles. The molecule has 0 spiro atoms. The molecule has 0 aliphatic rings.